The minimum Gasteiger partial charge on any atom is -0.319 e. The first-order valence-corrected chi connectivity index (χ1v) is 6.58. The largest absolute Gasteiger partial charge is 0.319 e. The van der Waals surface area contributed by atoms with Gasteiger partial charge in [-0.15, -0.1) is 0 Å². The number of anilines is 1. The minimum atomic E-state index is -0.655. The van der Waals surface area contributed by atoms with E-state index in [0.717, 1.165) is 15.7 Å². The van der Waals surface area contributed by atoms with Gasteiger partial charge in [0, 0.05) is 15.2 Å². The Kier molecular flexibility index (Phi) is 4.14. The number of hydrogen-bond acceptors (Lipinski definition) is 1. The van der Waals surface area contributed by atoms with Crippen molar-refractivity contribution in [2.75, 3.05) is 5.32 Å². The monoisotopic (exact) mass is 373 g/mol. The minimum absolute atomic E-state index is 0.160. The Morgan fingerprint density at radius 2 is 1.89 bits per heavy atom. The summed E-state index contributed by atoms with van der Waals surface area (Å²) in [5, 5.41) is 2.36. The number of nitrogens with one attached hydrogen (secondary N) is 1. The van der Waals surface area contributed by atoms with E-state index >= 15 is 0 Å². The quantitative estimate of drug-likeness (QED) is 0.789. The molecule has 0 unspecified atom stereocenters. The Morgan fingerprint density at radius 3 is 2.58 bits per heavy atom. The van der Waals surface area contributed by atoms with Crippen LogP contribution in [0.1, 0.15) is 15.9 Å². The lowest BCUT2D eigenvalue weighted by Crippen LogP contribution is -2.13. The van der Waals surface area contributed by atoms with E-state index in [2.05, 4.69) is 27.9 Å². The topological polar surface area (TPSA) is 29.1 Å². The van der Waals surface area contributed by atoms with E-state index in [4.69, 9.17) is 0 Å². The summed E-state index contributed by atoms with van der Waals surface area (Å²) in [5.41, 5.74) is 0.434. The predicted molar refractivity (Wildman–Crippen MR) is 78.2 cm³/mol. The Labute approximate surface area is 123 Å². The van der Waals surface area contributed by atoms with Gasteiger partial charge < -0.3 is 5.32 Å². The molecule has 19 heavy (non-hydrogen) atoms. The molecule has 2 rings (SSSR count). The predicted octanol–water partition coefficient (Wildman–Crippen LogP) is 4.13. The number of rotatable bonds is 2. The number of carbonyl (C=O) groups excluding carboxylic acids is 1. The lowest BCUT2D eigenvalue weighted by molar-refractivity contribution is 0.102. The maximum Gasteiger partial charge on any atom is 0.255 e. The maximum absolute atomic E-state index is 13.6. The lowest BCUT2D eigenvalue weighted by Gasteiger charge is -2.08. The highest BCUT2D eigenvalue weighted by molar-refractivity contribution is 14.1. The van der Waals surface area contributed by atoms with Crippen LogP contribution in [0, 0.1) is 22.1 Å². The first kappa shape index (κ1) is 13.9. The molecule has 0 atom stereocenters. The summed E-state index contributed by atoms with van der Waals surface area (Å²) in [6.45, 7) is 1.46. The first-order chi connectivity index (χ1) is 8.97. The summed E-state index contributed by atoms with van der Waals surface area (Å²) in [6, 6.07) is 8.88. The highest BCUT2D eigenvalue weighted by atomic mass is 127. The summed E-state index contributed by atoms with van der Waals surface area (Å²) in [4.78, 5) is 11.9. The van der Waals surface area contributed by atoms with Gasteiger partial charge in [-0.2, -0.15) is 0 Å². The normalized spacial score (nSPS) is 10.3. The molecule has 0 radical (unpaired) electrons. The number of hydrogen-bond donors (Lipinski definition) is 1. The fourth-order valence-corrected chi connectivity index (χ4v) is 2.11. The van der Waals surface area contributed by atoms with Crippen molar-refractivity contribution in [3.8, 4) is 0 Å². The van der Waals surface area contributed by atoms with E-state index in [-0.39, 0.29) is 11.3 Å². The fourth-order valence-electron chi connectivity index (χ4n) is 1.57. The van der Waals surface area contributed by atoms with Crippen LogP contribution in [-0.4, -0.2) is 5.91 Å². The number of benzene rings is 2. The molecule has 0 aliphatic carbocycles. The third-order valence-corrected chi connectivity index (χ3v) is 3.25. The van der Waals surface area contributed by atoms with Gasteiger partial charge in [-0.1, -0.05) is 6.07 Å². The van der Waals surface area contributed by atoms with Gasteiger partial charge in [0.05, 0.1) is 5.69 Å². The van der Waals surface area contributed by atoms with Crippen molar-refractivity contribution in [3.05, 3.63) is 62.7 Å². The van der Waals surface area contributed by atoms with Crippen molar-refractivity contribution in [2.24, 2.45) is 0 Å². The van der Waals surface area contributed by atoms with E-state index < -0.39 is 17.5 Å². The average Bonchev–Trinajstić information content (AvgIpc) is 2.36. The molecule has 0 bridgehead atoms. The highest BCUT2D eigenvalue weighted by Gasteiger charge is 2.12. The van der Waals surface area contributed by atoms with Gasteiger partial charge in [0.1, 0.15) is 11.6 Å². The van der Waals surface area contributed by atoms with Crippen LogP contribution < -0.4 is 5.32 Å². The maximum atomic E-state index is 13.6. The van der Waals surface area contributed by atoms with Crippen LogP contribution in [0.4, 0.5) is 14.5 Å². The molecule has 5 heteroatoms. The number of halogens is 3. The molecule has 2 aromatic carbocycles. The third kappa shape index (κ3) is 3.28. The van der Waals surface area contributed by atoms with E-state index in [0.29, 0.717) is 5.56 Å². The smallest absolute Gasteiger partial charge is 0.255 e. The van der Waals surface area contributed by atoms with Crippen LogP contribution in [-0.2, 0) is 0 Å². The molecule has 0 saturated heterocycles. The van der Waals surface area contributed by atoms with Crippen molar-refractivity contribution in [2.45, 2.75) is 6.92 Å². The molecule has 0 aromatic heterocycles. The second-order valence-electron chi connectivity index (χ2n) is 4.05. The zero-order chi connectivity index (χ0) is 14.0. The van der Waals surface area contributed by atoms with Crippen LogP contribution in [0.3, 0.4) is 0 Å². The van der Waals surface area contributed by atoms with Crippen LogP contribution in [0.15, 0.2) is 36.4 Å². The molecule has 2 aromatic rings. The third-order valence-electron chi connectivity index (χ3n) is 2.58. The molecule has 0 aliphatic heterocycles. The van der Waals surface area contributed by atoms with Gasteiger partial charge in [-0.3, -0.25) is 4.79 Å². The number of aryl methyl sites for hydroxylation is 1. The summed E-state index contributed by atoms with van der Waals surface area (Å²) in [7, 11) is 0. The van der Waals surface area contributed by atoms with Crippen molar-refractivity contribution >= 4 is 34.2 Å². The van der Waals surface area contributed by atoms with Crippen LogP contribution in [0.5, 0.6) is 0 Å². The summed E-state index contributed by atoms with van der Waals surface area (Å²) in [5.74, 6) is -1.68. The molecule has 0 spiro atoms. The van der Waals surface area contributed by atoms with Gasteiger partial charge in [-0.25, -0.2) is 8.78 Å². The van der Waals surface area contributed by atoms with Crippen molar-refractivity contribution in [1.82, 2.24) is 0 Å². The van der Waals surface area contributed by atoms with E-state index in [1.165, 1.54) is 6.92 Å². The van der Waals surface area contributed by atoms with Crippen LogP contribution in [0.25, 0.3) is 0 Å². The van der Waals surface area contributed by atoms with Crippen molar-refractivity contribution in [1.29, 1.82) is 0 Å². The summed E-state index contributed by atoms with van der Waals surface area (Å²) >= 11 is 2.07. The standard InChI is InChI=1S/C14H10F2INO/c1-8-5-12(16)13(7-11(8)15)18-14(19)9-3-2-4-10(17)6-9/h2-7H,1H3,(H,18,19). The SMILES string of the molecule is Cc1cc(F)c(NC(=O)c2cccc(I)c2)cc1F. The Bertz CT molecular complexity index is 643. The second-order valence-corrected chi connectivity index (χ2v) is 5.29. The average molecular weight is 373 g/mol. The van der Waals surface area contributed by atoms with Crippen LogP contribution in [0.2, 0.25) is 0 Å². The molecule has 98 valence electrons. The molecule has 1 N–H and O–H groups in total. The van der Waals surface area contributed by atoms with Gasteiger partial charge >= 0.3 is 0 Å². The van der Waals surface area contributed by atoms with Crippen LogP contribution >= 0.6 is 22.6 Å². The molecule has 2 nitrogen and oxygen atoms in total. The first-order valence-electron chi connectivity index (χ1n) is 5.50. The zero-order valence-corrected chi connectivity index (χ0v) is 12.2. The van der Waals surface area contributed by atoms with E-state index in [1.807, 2.05) is 6.07 Å². The highest BCUT2D eigenvalue weighted by Crippen LogP contribution is 2.20. The Balaban J connectivity index is 2.27. The molecular formula is C14H10F2INO. The molecular weight excluding hydrogens is 363 g/mol. The number of amides is 1. The van der Waals surface area contributed by atoms with E-state index in [9.17, 15) is 13.6 Å². The Hall–Kier alpha value is -1.50. The van der Waals surface area contributed by atoms with Gasteiger partial charge in [-0.05, 0) is 59.3 Å². The molecule has 0 aliphatic rings. The fraction of sp³-hybridized carbons (Fsp3) is 0.0714. The lowest BCUT2D eigenvalue weighted by atomic mass is 10.2. The molecule has 0 fully saturated rings. The number of carbonyl (C=O) groups is 1. The van der Waals surface area contributed by atoms with Crippen molar-refractivity contribution < 1.29 is 13.6 Å². The molecule has 1 amide bonds. The second kappa shape index (κ2) is 5.64. The van der Waals surface area contributed by atoms with Gasteiger partial charge in [0.15, 0.2) is 0 Å². The van der Waals surface area contributed by atoms with Crippen molar-refractivity contribution in [3.63, 3.8) is 0 Å². The zero-order valence-electron chi connectivity index (χ0n) is 10.0. The summed E-state index contributed by atoms with van der Waals surface area (Å²) in [6.07, 6.45) is 0. The van der Waals surface area contributed by atoms with E-state index in [1.54, 1.807) is 18.2 Å². The Morgan fingerprint density at radius 1 is 1.16 bits per heavy atom. The molecule has 0 saturated carbocycles. The van der Waals surface area contributed by atoms with Gasteiger partial charge in [0.25, 0.3) is 5.91 Å². The molecule has 0 heterocycles. The summed E-state index contributed by atoms with van der Waals surface area (Å²) < 4.78 is 27.8. The van der Waals surface area contributed by atoms with Gasteiger partial charge in [0.2, 0.25) is 0 Å².